The zero-order chi connectivity index (χ0) is 14.7. The second kappa shape index (κ2) is 6.59. The molecule has 1 fully saturated rings. The molecule has 1 aromatic carbocycles. The van der Waals surface area contributed by atoms with Crippen molar-refractivity contribution in [1.82, 2.24) is 5.32 Å². The molecule has 112 valence electrons. The number of rotatable bonds is 6. The maximum Gasteiger partial charge on any atom is 0.128 e. The van der Waals surface area contributed by atoms with E-state index < -0.39 is 0 Å². The van der Waals surface area contributed by atoms with Crippen LogP contribution >= 0.6 is 0 Å². The van der Waals surface area contributed by atoms with Crippen molar-refractivity contribution < 1.29 is 9.47 Å². The summed E-state index contributed by atoms with van der Waals surface area (Å²) in [6.45, 7) is 9.29. The lowest BCUT2D eigenvalue weighted by molar-refractivity contribution is -0.106. The highest BCUT2D eigenvalue weighted by Crippen LogP contribution is 2.33. The van der Waals surface area contributed by atoms with E-state index in [0.717, 1.165) is 25.2 Å². The lowest BCUT2D eigenvalue weighted by Gasteiger charge is -2.44. The van der Waals surface area contributed by atoms with E-state index in [9.17, 15) is 0 Å². The van der Waals surface area contributed by atoms with Crippen LogP contribution in [0.25, 0.3) is 0 Å². The molecule has 0 aliphatic heterocycles. The molecule has 3 atom stereocenters. The van der Waals surface area contributed by atoms with E-state index in [2.05, 4.69) is 45.1 Å². The molecule has 0 amide bonds. The molecule has 2 rings (SSSR count). The highest BCUT2D eigenvalue weighted by Gasteiger charge is 2.43. The van der Waals surface area contributed by atoms with Crippen LogP contribution in [0.5, 0.6) is 5.75 Å². The molecule has 20 heavy (non-hydrogen) atoms. The Hall–Kier alpha value is -1.06. The molecule has 3 heteroatoms. The lowest BCUT2D eigenvalue weighted by atomic mass is 9.85. The van der Waals surface area contributed by atoms with Gasteiger partial charge in [-0.3, -0.25) is 0 Å². The van der Waals surface area contributed by atoms with Crippen molar-refractivity contribution in [2.24, 2.45) is 0 Å². The minimum atomic E-state index is 0.166. The predicted molar refractivity (Wildman–Crippen MR) is 82.6 cm³/mol. The second-order valence-electron chi connectivity index (χ2n) is 5.85. The molecule has 3 nitrogen and oxygen atoms in total. The highest BCUT2D eigenvalue weighted by molar-refractivity contribution is 5.43. The third kappa shape index (κ3) is 3.15. The first-order chi connectivity index (χ1) is 9.56. The Labute approximate surface area is 122 Å². The Bertz CT molecular complexity index is 435. The van der Waals surface area contributed by atoms with Crippen LogP contribution < -0.4 is 10.1 Å². The average molecular weight is 277 g/mol. The Balaban J connectivity index is 2.06. The Morgan fingerprint density at radius 1 is 1.20 bits per heavy atom. The molecule has 1 N–H and O–H groups in total. The molecule has 1 aliphatic carbocycles. The van der Waals surface area contributed by atoms with Gasteiger partial charge in [-0.2, -0.15) is 0 Å². The maximum absolute atomic E-state index is 6.24. The van der Waals surface area contributed by atoms with Gasteiger partial charge in [0.15, 0.2) is 0 Å². The van der Waals surface area contributed by atoms with E-state index in [4.69, 9.17) is 9.47 Å². The van der Waals surface area contributed by atoms with Crippen molar-refractivity contribution in [1.29, 1.82) is 0 Å². The molecule has 3 unspecified atom stereocenters. The summed E-state index contributed by atoms with van der Waals surface area (Å²) in [7, 11) is 1.99. The zero-order valence-corrected chi connectivity index (χ0v) is 13.3. The standard InChI is InChI=1S/C17H27NO2/c1-6-7-19-17-14(18-5)10-15(17)20-16-12(3)8-11(2)9-13(16)4/h8-9,14-15,17-18H,6-7,10H2,1-5H3. The molecule has 0 saturated heterocycles. The smallest absolute Gasteiger partial charge is 0.128 e. The number of hydrogen-bond acceptors (Lipinski definition) is 3. The van der Waals surface area contributed by atoms with Gasteiger partial charge < -0.3 is 14.8 Å². The van der Waals surface area contributed by atoms with E-state index in [1.165, 1.54) is 16.7 Å². The first kappa shape index (κ1) is 15.3. The maximum atomic E-state index is 6.24. The summed E-state index contributed by atoms with van der Waals surface area (Å²) in [6, 6.07) is 4.77. The van der Waals surface area contributed by atoms with Crippen LogP contribution in [0.4, 0.5) is 0 Å². The summed E-state index contributed by atoms with van der Waals surface area (Å²) in [6.07, 6.45) is 2.39. The summed E-state index contributed by atoms with van der Waals surface area (Å²) in [5.41, 5.74) is 3.71. The molecule has 0 aromatic heterocycles. The Morgan fingerprint density at radius 2 is 1.85 bits per heavy atom. The summed E-state index contributed by atoms with van der Waals surface area (Å²) >= 11 is 0. The average Bonchev–Trinajstić information content (AvgIpc) is 2.36. The van der Waals surface area contributed by atoms with Gasteiger partial charge in [-0.1, -0.05) is 24.6 Å². The quantitative estimate of drug-likeness (QED) is 0.866. The predicted octanol–water partition coefficient (Wildman–Crippen LogP) is 3.15. The lowest BCUT2D eigenvalue weighted by Crippen LogP contribution is -2.60. The van der Waals surface area contributed by atoms with Crippen molar-refractivity contribution in [3.05, 3.63) is 28.8 Å². The Kier molecular flexibility index (Phi) is 5.06. The van der Waals surface area contributed by atoms with Crippen molar-refractivity contribution in [2.75, 3.05) is 13.7 Å². The van der Waals surface area contributed by atoms with Gasteiger partial charge in [0.2, 0.25) is 0 Å². The van der Waals surface area contributed by atoms with Crippen LogP contribution in [0.3, 0.4) is 0 Å². The van der Waals surface area contributed by atoms with Gasteiger partial charge in [0.1, 0.15) is 18.0 Å². The first-order valence-corrected chi connectivity index (χ1v) is 7.60. The molecule has 1 aliphatic rings. The number of hydrogen-bond donors (Lipinski definition) is 1. The van der Waals surface area contributed by atoms with Crippen molar-refractivity contribution in [2.45, 2.75) is 58.8 Å². The molecule has 1 saturated carbocycles. The van der Waals surface area contributed by atoms with Crippen LogP contribution in [0.2, 0.25) is 0 Å². The molecule has 0 heterocycles. The number of nitrogens with one attached hydrogen (secondary N) is 1. The third-order valence-electron chi connectivity index (χ3n) is 4.01. The fourth-order valence-corrected chi connectivity index (χ4v) is 2.96. The van der Waals surface area contributed by atoms with Crippen LogP contribution in [-0.4, -0.2) is 31.9 Å². The number of ether oxygens (including phenoxy) is 2. The fourth-order valence-electron chi connectivity index (χ4n) is 2.96. The van der Waals surface area contributed by atoms with E-state index in [0.29, 0.717) is 6.04 Å². The second-order valence-corrected chi connectivity index (χ2v) is 5.85. The summed E-state index contributed by atoms with van der Waals surface area (Å²) in [4.78, 5) is 0. The van der Waals surface area contributed by atoms with Crippen molar-refractivity contribution >= 4 is 0 Å². The van der Waals surface area contributed by atoms with E-state index >= 15 is 0 Å². The number of benzene rings is 1. The van der Waals surface area contributed by atoms with Gasteiger partial charge >= 0.3 is 0 Å². The first-order valence-electron chi connectivity index (χ1n) is 7.60. The van der Waals surface area contributed by atoms with Gasteiger partial charge in [-0.15, -0.1) is 0 Å². The monoisotopic (exact) mass is 277 g/mol. The van der Waals surface area contributed by atoms with Crippen LogP contribution in [0, 0.1) is 20.8 Å². The van der Waals surface area contributed by atoms with E-state index in [-0.39, 0.29) is 12.2 Å². The van der Waals surface area contributed by atoms with Crippen LogP contribution in [-0.2, 0) is 4.74 Å². The molecule has 0 spiro atoms. The molecular weight excluding hydrogens is 250 g/mol. The Morgan fingerprint density at radius 3 is 2.40 bits per heavy atom. The summed E-state index contributed by atoms with van der Waals surface area (Å²) in [5.74, 6) is 1.03. The van der Waals surface area contributed by atoms with Crippen LogP contribution in [0.1, 0.15) is 36.5 Å². The largest absolute Gasteiger partial charge is 0.487 e. The van der Waals surface area contributed by atoms with Gasteiger partial charge in [-0.05, 0) is 45.4 Å². The minimum Gasteiger partial charge on any atom is -0.487 e. The normalized spacial score (nSPS) is 25.4. The summed E-state index contributed by atoms with van der Waals surface area (Å²) < 4.78 is 12.2. The van der Waals surface area contributed by atoms with Gasteiger partial charge in [-0.25, -0.2) is 0 Å². The fraction of sp³-hybridized carbons (Fsp3) is 0.647. The van der Waals surface area contributed by atoms with E-state index in [1.54, 1.807) is 0 Å². The van der Waals surface area contributed by atoms with E-state index in [1.807, 2.05) is 7.05 Å². The van der Waals surface area contributed by atoms with Crippen molar-refractivity contribution in [3.63, 3.8) is 0 Å². The number of likely N-dealkylation sites (N-methyl/N-ethyl adjacent to an activating group) is 1. The van der Waals surface area contributed by atoms with Crippen LogP contribution in [0.15, 0.2) is 12.1 Å². The van der Waals surface area contributed by atoms with Gasteiger partial charge in [0.25, 0.3) is 0 Å². The highest BCUT2D eigenvalue weighted by atomic mass is 16.5. The SMILES string of the molecule is CCCOC1C(NC)CC1Oc1c(C)cc(C)cc1C. The van der Waals surface area contributed by atoms with Gasteiger partial charge in [0, 0.05) is 19.1 Å². The molecule has 0 bridgehead atoms. The molecule has 0 radical (unpaired) electrons. The third-order valence-corrected chi connectivity index (χ3v) is 4.01. The molecular formula is C17H27NO2. The van der Waals surface area contributed by atoms with Crippen molar-refractivity contribution in [3.8, 4) is 5.75 Å². The topological polar surface area (TPSA) is 30.5 Å². The van der Waals surface area contributed by atoms with Gasteiger partial charge in [0.05, 0.1) is 0 Å². The minimum absolute atomic E-state index is 0.166. The number of aryl methyl sites for hydroxylation is 3. The molecule has 1 aromatic rings. The zero-order valence-electron chi connectivity index (χ0n) is 13.3. The summed E-state index contributed by atoms with van der Waals surface area (Å²) in [5, 5.41) is 3.31.